The van der Waals surface area contributed by atoms with Gasteiger partial charge in [-0.3, -0.25) is 0 Å². The van der Waals surface area contributed by atoms with Gasteiger partial charge < -0.3 is 18.9 Å². The first kappa shape index (κ1) is 22.8. The van der Waals surface area contributed by atoms with Crippen LogP contribution in [0.25, 0.3) is 0 Å². The molecule has 2 aromatic carbocycles. The van der Waals surface area contributed by atoms with E-state index >= 15 is 0 Å². The Morgan fingerprint density at radius 2 is 1.80 bits per heavy atom. The van der Waals surface area contributed by atoms with E-state index in [4.69, 9.17) is 18.9 Å². The lowest BCUT2D eigenvalue weighted by atomic mass is 10.1. The third kappa shape index (κ3) is 5.62. The summed E-state index contributed by atoms with van der Waals surface area (Å²) in [6.07, 6.45) is -4.38. The number of ether oxygens (including phenoxy) is 4. The Labute approximate surface area is 178 Å². The van der Waals surface area contributed by atoms with Gasteiger partial charge in [-0.2, -0.15) is 13.2 Å². The maximum atomic E-state index is 12.7. The second-order valence-corrected chi connectivity index (χ2v) is 8.75. The summed E-state index contributed by atoms with van der Waals surface area (Å²) in [6.45, 7) is 6.11. The van der Waals surface area contributed by atoms with Crippen molar-refractivity contribution in [2.45, 2.75) is 43.2 Å². The van der Waals surface area contributed by atoms with Crippen molar-refractivity contribution >= 4 is 11.8 Å². The lowest BCUT2D eigenvalue weighted by molar-refractivity contribution is -0.161. The van der Waals surface area contributed by atoms with Crippen LogP contribution in [-0.2, 0) is 15.7 Å². The van der Waals surface area contributed by atoms with Gasteiger partial charge in [0.25, 0.3) is 0 Å². The minimum absolute atomic E-state index is 0.157. The third-order valence-corrected chi connectivity index (χ3v) is 5.95. The summed E-state index contributed by atoms with van der Waals surface area (Å²) < 4.78 is 61.3. The Hall–Kier alpha value is -1.90. The minimum atomic E-state index is -4.38. The molecule has 1 aliphatic heterocycles. The fourth-order valence-corrected chi connectivity index (χ4v) is 4.26. The van der Waals surface area contributed by atoms with Gasteiger partial charge in [0.1, 0.15) is 23.7 Å². The second-order valence-electron chi connectivity index (χ2n) is 7.70. The average molecular weight is 442 g/mol. The summed E-state index contributed by atoms with van der Waals surface area (Å²) >= 11 is 1.60. The molecule has 0 saturated carbocycles. The summed E-state index contributed by atoms with van der Waals surface area (Å²) in [5.41, 5.74) is -0.414. The maximum absolute atomic E-state index is 12.7. The highest BCUT2D eigenvalue weighted by molar-refractivity contribution is 7.99. The lowest BCUT2D eigenvalue weighted by Gasteiger charge is -2.29. The quantitative estimate of drug-likeness (QED) is 0.513. The molecule has 1 unspecified atom stereocenters. The molecule has 3 rings (SSSR count). The van der Waals surface area contributed by atoms with Crippen molar-refractivity contribution in [1.29, 1.82) is 0 Å². The van der Waals surface area contributed by atoms with Crippen molar-refractivity contribution in [2.75, 3.05) is 26.1 Å². The molecular formula is C22H25F3O4S. The summed E-state index contributed by atoms with van der Waals surface area (Å²) in [4.78, 5) is 1.05. The van der Waals surface area contributed by atoms with E-state index < -0.39 is 23.1 Å². The highest BCUT2D eigenvalue weighted by Crippen LogP contribution is 2.37. The van der Waals surface area contributed by atoms with Crippen LogP contribution in [-0.4, -0.2) is 37.5 Å². The zero-order chi connectivity index (χ0) is 22.0. The van der Waals surface area contributed by atoms with E-state index in [1.54, 1.807) is 18.9 Å². The number of aryl methyl sites for hydroxylation is 1. The van der Waals surface area contributed by atoms with Crippen LogP contribution in [0.5, 0.6) is 11.5 Å². The average Bonchev–Trinajstić information content (AvgIpc) is 3.00. The Kier molecular flexibility index (Phi) is 6.60. The van der Waals surface area contributed by atoms with E-state index in [2.05, 4.69) is 0 Å². The Bertz CT molecular complexity index is 868. The molecule has 0 aliphatic carbocycles. The first-order chi connectivity index (χ1) is 14.0. The van der Waals surface area contributed by atoms with Gasteiger partial charge in [-0.15, -0.1) is 11.8 Å². The molecule has 0 bridgehead atoms. The molecular weight excluding hydrogens is 417 g/mol. The second kappa shape index (κ2) is 8.69. The molecule has 0 radical (unpaired) electrons. The summed E-state index contributed by atoms with van der Waals surface area (Å²) in [5.74, 6) is 0.963. The summed E-state index contributed by atoms with van der Waals surface area (Å²) in [5, 5.41) is 0. The zero-order valence-electron chi connectivity index (χ0n) is 17.3. The Balaban J connectivity index is 1.69. The van der Waals surface area contributed by atoms with Crippen LogP contribution in [0.1, 0.15) is 25.0 Å². The number of alkyl halides is 3. The fraction of sp³-hybridized carbons (Fsp3) is 0.455. The molecule has 1 fully saturated rings. The van der Waals surface area contributed by atoms with Crippen LogP contribution in [0, 0.1) is 6.92 Å². The van der Waals surface area contributed by atoms with Crippen LogP contribution < -0.4 is 9.47 Å². The highest BCUT2D eigenvalue weighted by atomic mass is 32.2. The number of rotatable bonds is 7. The molecule has 0 aromatic heterocycles. The van der Waals surface area contributed by atoms with Crippen molar-refractivity contribution in [2.24, 2.45) is 0 Å². The summed E-state index contributed by atoms with van der Waals surface area (Å²) in [7, 11) is 1.63. The van der Waals surface area contributed by atoms with E-state index in [9.17, 15) is 13.2 Å². The van der Waals surface area contributed by atoms with E-state index in [0.717, 1.165) is 28.3 Å². The van der Waals surface area contributed by atoms with Crippen LogP contribution in [0.15, 0.2) is 47.4 Å². The summed E-state index contributed by atoms with van der Waals surface area (Å²) in [6, 6.07) is 10.6. The molecule has 30 heavy (non-hydrogen) atoms. The van der Waals surface area contributed by atoms with Gasteiger partial charge in [0.05, 0.1) is 19.3 Å². The number of thioether (sulfide) groups is 1. The first-order valence-corrected chi connectivity index (χ1v) is 10.4. The number of methoxy groups -OCH3 is 1. The molecule has 2 aromatic rings. The molecule has 0 N–H and O–H groups in total. The highest BCUT2D eigenvalue weighted by Gasteiger charge is 2.46. The Morgan fingerprint density at radius 1 is 1.10 bits per heavy atom. The van der Waals surface area contributed by atoms with Gasteiger partial charge in [-0.05, 0) is 68.8 Å². The molecule has 164 valence electrons. The molecule has 1 aliphatic rings. The standard InChI is InChI=1S/C22H25F3O4S/c1-15-11-18(9-10-19(15)26-4)30-14-21(13-28-20(2,3)29-21)12-27-17-7-5-16(6-8-17)22(23,24)25/h5-11H,12-14H2,1-4H3. The largest absolute Gasteiger partial charge is 0.496 e. The first-order valence-electron chi connectivity index (χ1n) is 9.44. The minimum Gasteiger partial charge on any atom is -0.496 e. The topological polar surface area (TPSA) is 36.9 Å². The molecule has 0 spiro atoms. The van der Waals surface area contributed by atoms with Gasteiger partial charge in [0, 0.05) is 10.6 Å². The van der Waals surface area contributed by atoms with Gasteiger partial charge in [0.2, 0.25) is 0 Å². The van der Waals surface area contributed by atoms with Crippen LogP contribution in [0.2, 0.25) is 0 Å². The monoisotopic (exact) mass is 442 g/mol. The van der Waals surface area contributed by atoms with Crippen molar-refractivity contribution in [3.05, 3.63) is 53.6 Å². The lowest BCUT2D eigenvalue weighted by Crippen LogP contribution is -2.43. The van der Waals surface area contributed by atoms with E-state index in [0.29, 0.717) is 18.1 Å². The van der Waals surface area contributed by atoms with Crippen molar-refractivity contribution in [3.63, 3.8) is 0 Å². The van der Waals surface area contributed by atoms with E-state index in [-0.39, 0.29) is 6.61 Å². The normalized spacial score (nSPS) is 20.9. The van der Waals surface area contributed by atoms with Gasteiger partial charge >= 0.3 is 6.18 Å². The zero-order valence-corrected chi connectivity index (χ0v) is 18.2. The number of halogens is 3. The van der Waals surface area contributed by atoms with Crippen LogP contribution in [0.4, 0.5) is 13.2 Å². The molecule has 1 saturated heterocycles. The van der Waals surface area contributed by atoms with E-state index in [1.807, 2.05) is 39.0 Å². The van der Waals surface area contributed by atoms with Gasteiger partial charge in [0.15, 0.2) is 5.79 Å². The fourth-order valence-electron chi connectivity index (χ4n) is 3.18. The van der Waals surface area contributed by atoms with Crippen molar-refractivity contribution < 1.29 is 32.1 Å². The maximum Gasteiger partial charge on any atom is 0.416 e. The number of hydrogen-bond acceptors (Lipinski definition) is 5. The third-order valence-electron chi connectivity index (χ3n) is 4.70. The molecule has 4 nitrogen and oxygen atoms in total. The van der Waals surface area contributed by atoms with Crippen molar-refractivity contribution in [1.82, 2.24) is 0 Å². The molecule has 1 atom stereocenters. The molecule has 1 heterocycles. The predicted octanol–water partition coefficient (Wildman–Crippen LogP) is 5.72. The van der Waals surface area contributed by atoms with E-state index in [1.165, 1.54) is 12.1 Å². The smallest absolute Gasteiger partial charge is 0.416 e. The van der Waals surface area contributed by atoms with Crippen molar-refractivity contribution in [3.8, 4) is 11.5 Å². The SMILES string of the molecule is COc1ccc(SCC2(COc3ccc(C(F)(F)F)cc3)COC(C)(C)O2)cc1C. The Morgan fingerprint density at radius 3 is 2.33 bits per heavy atom. The molecule has 8 heteroatoms. The number of benzene rings is 2. The predicted molar refractivity (Wildman–Crippen MR) is 109 cm³/mol. The number of hydrogen-bond donors (Lipinski definition) is 0. The van der Waals surface area contributed by atoms with Crippen LogP contribution >= 0.6 is 11.8 Å². The molecule has 0 amide bonds. The van der Waals surface area contributed by atoms with Crippen LogP contribution in [0.3, 0.4) is 0 Å². The van der Waals surface area contributed by atoms with Gasteiger partial charge in [-0.1, -0.05) is 0 Å². The van der Waals surface area contributed by atoms with Gasteiger partial charge in [-0.25, -0.2) is 0 Å².